The van der Waals surface area contributed by atoms with Crippen LogP contribution in [0.15, 0.2) is 53.3 Å². The van der Waals surface area contributed by atoms with Crippen molar-refractivity contribution in [1.29, 1.82) is 0 Å². The van der Waals surface area contributed by atoms with E-state index in [0.29, 0.717) is 10.8 Å². The average molecular weight is 410 g/mol. The van der Waals surface area contributed by atoms with Gasteiger partial charge in [0, 0.05) is 23.2 Å². The molecule has 1 amide bonds. The minimum absolute atomic E-state index is 0.0814. The Morgan fingerprint density at radius 1 is 1.17 bits per heavy atom. The highest BCUT2D eigenvalue weighted by molar-refractivity contribution is 6.03. The van der Waals surface area contributed by atoms with Crippen LogP contribution in [-0.4, -0.2) is 33.2 Å². The highest BCUT2D eigenvalue weighted by Gasteiger charge is 2.20. The molecule has 0 aliphatic carbocycles. The first-order valence-corrected chi connectivity index (χ1v) is 9.01. The Hall–Kier alpha value is -4.08. The number of nitro benzene ring substituents is 1. The van der Waals surface area contributed by atoms with Crippen molar-refractivity contribution in [2.75, 3.05) is 11.9 Å². The lowest BCUT2D eigenvalue weighted by molar-refractivity contribution is -0.384. The number of carbonyl (C=O) groups is 2. The van der Waals surface area contributed by atoms with Gasteiger partial charge in [-0.05, 0) is 26.0 Å². The zero-order valence-corrected chi connectivity index (χ0v) is 16.2. The number of non-ortho nitro benzene ring substituents is 1. The SMILES string of the molecule is CC(C)n1nc(C(=O)OCC(=O)Nc2cccc([N+](=O)[O-])c2)c2ccccc2c1=O. The summed E-state index contributed by atoms with van der Waals surface area (Å²) in [5.74, 6) is -1.54. The second-order valence-corrected chi connectivity index (χ2v) is 6.67. The van der Waals surface area contributed by atoms with E-state index >= 15 is 0 Å². The van der Waals surface area contributed by atoms with Crippen LogP contribution in [0.25, 0.3) is 10.8 Å². The lowest BCUT2D eigenvalue weighted by atomic mass is 10.1. The van der Waals surface area contributed by atoms with Gasteiger partial charge in [-0.1, -0.05) is 24.3 Å². The Labute approximate surface area is 170 Å². The molecule has 1 aromatic heterocycles. The number of esters is 1. The summed E-state index contributed by atoms with van der Waals surface area (Å²) in [7, 11) is 0. The van der Waals surface area contributed by atoms with Crippen molar-refractivity contribution in [3.8, 4) is 0 Å². The van der Waals surface area contributed by atoms with Crippen LogP contribution >= 0.6 is 0 Å². The first kappa shape index (κ1) is 20.6. The number of fused-ring (bicyclic) bond motifs is 1. The molecule has 3 aromatic rings. The van der Waals surface area contributed by atoms with Crippen molar-refractivity contribution >= 4 is 34.0 Å². The molecule has 1 N–H and O–H groups in total. The van der Waals surface area contributed by atoms with E-state index in [1.54, 1.807) is 38.1 Å². The van der Waals surface area contributed by atoms with Gasteiger partial charge in [-0.25, -0.2) is 9.48 Å². The van der Waals surface area contributed by atoms with Crippen molar-refractivity contribution in [3.05, 3.63) is 74.7 Å². The van der Waals surface area contributed by atoms with Crippen LogP contribution in [0.5, 0.6) is 0 Å². The predicted octanol–water partition coefficient (Wildman–Crippen LogP) is 2.68. The van der Waals surface area contributed by atoms with Crippen molar-refractivity contribution in [2.45, 2.75) is 19.9 Å². The summed E-state index contributed by atoms with van der Waals surface area (Å²) in [5, 5.41) is 18.0. The van der Waals surface area contributed by atoms with Crippen molar-refractivity contribution in [2.24, 2.45) is 0 Å². The second kappa shape index (κ2) is 8.52. The molecule has 1 heterocycles. The van der Waals surface area contributed by atoms with E-state index in [1.807, 2.05) is 0 Å². The molecule has 10 nitrogen and oxygen atoms in total. The van der Waals surface area contributed by atoms with Gasteiger partial charge >= 0.3 is 5.97 Å². The highest BCUT2D eigenvalue weighted by Crippen LogP contribution is 2.18. The lowest BCUT2D eigenvalue weighted by Crippen LogP contribution is -2.28. The van der Waals surface area contributed by atoms with E-state index in [0.717, 1.165) is 0 Å². The van der Waals surface area contributed by atoms with Gasteiger partial charge in [0.2, 0.25) is 0 Å². The third-order valence-corrected chi connectivity index (χ3v) is 4.19. The molecular formula is C20H18N4O6. The van der Waals surface area contributed by atoms with E-state index in [4.69, 9.17) is 4.74 Å². The molecule has 2 aromatic carbocycles. The Morgan fingerprint density at radius 2 is 1.87 bits per heavy atom. The van der Waals surface area contributed by atoms with Crippen LogP contribution in [0.1, 0.15) is 30.4 Å². The molecule has 10 heteroatoms. The Balaban J connectivity index is 1.78. The molecular weight excluding hydrogens is 392 g/mol. The molecule has 30 heavy (non-hydrogen) atoms. The number of nitro groups is 1. The minimum Gasteiger partial charge on any atom is -0.451 e. The summed E-state index contributed by atoms with van der Waals surface area (Å²) in [6, 6.07) is 11.6. The van der Waals surface area contributed by atoms with Crippen LogP contribution in [0.2, 0.25) is 0 Å². The minimum atomic E-state index is -0.866. The zero-order valence-electron chi connectivity index (χ0n) is 16.2. The number of nitrogens with zero attached hydrogens (tertiary/aromatic N) is 3. The third kappa shape index (κ3) is 4.32. The zero-order chi connectivity index (χ0) is 21.8. The van der Waals surface area contributed by atoms with Gasteiger partial charge in [-0.3, -0.25) is 19.7 Å². The summed E-state index contributed by atoms with van der Waals surface area (Å²) in [6.45, 7) is 2.88. The highest BCUT2D eigenvalue weighted by atomic mass is 16.6. The number of benzene rings is 2. The Morgan fingerprint density at radius 3 is 2.53 bits per heavy atom. The number of hydrogen-bond acceptors (Lipinski definition) is 7. The standard InChI is InChI=1S/C20H18N4O6/c1-12(2)23-19(26)16-9-4-3-8-15(16)18(22-23)20(27)30-11-17(25)21-13-6-5-7-14(10-13)24(28)29/h3-10,12H,11H2,1-2H3,(H,21,25). The van der Waals surface area contributed by atoms with Gasteiger partial charge in [0.1, 0.15) is 0 Å². The number of amides is 1. The number of ether oxygens (including phenoxy) is 1. The van der Waals surface area contributed by atoms with Gasteiger partial charge in [-0.15, -0.1) is 0 Å². The smallest absolute Gasteiger partial charge is 0.359 e. The number of aromatic nitrogens is 2. The maximum absolute atomic E-state index is 12.6. The molecule has 0 saturated heterocycles. The Kier molecular flexibility index (Phi) is 5.86. The molecule has 0 radical (unpaired) electrons. The quantitative estimate of drug-likeness (QED) is 0.375. The van der Waals surface area contributed by atoms with Crippen LogP contribution in [-0.2, 0) is 9.53 Å². The van der Waals surface area contributed by atoms with E-state index in [2.05, 4.69) is 10.4 Å². The lowest BCUT2D eigenvalue weighted by Gasteiger charge is -2.13. The monoisotopic (exact) mass is 410 g/mol. The van der Waals surface area contributed by atoms with Gasteiger partial charge in [0.25, 0.3) is 17.2 Å². The summed E-state index contributed by atoms with van der Waals surface area (Å²) >= 11 is 0. The van der Waals surface area contributed by atoms with Crippen LogP contribution < -0.4 is 10.9 Å². The van der Waals surface area contributed by atoms with Gasteiger partial charge in [0.15, 0.2) is 12.3 Å². The molecule has 0 bridgehead atoms. The molecule has 0 atom stereocenters. The van der Waals surface area contributed by atoms with Crippen molar-refractivity contribution in [1.82, 2.24) is 9.78 Å². The van der Waals surface area contributed by atoms with Crippen molar-refractivity contribution < 1.29 is 19.2 Å². The third-order valence-electron chi connectivity index (χ3n) is 4.19. The van der Waals surface area contributed by atoms with E-state index < -0.39 is 23.4 Å². The maximum Gasteiger partial charge on any atom is 0.359 e. The normalized spacial score (nSPS) is 10.8. The maximum atomic E-state index is 12.6. The van der Waals surface area contributed by atoms with Crippen LogP contribution in [0.4, 0.5) is 11.4 Å². The molecule has 0 aliphatic rings. The molecule has 3 rings (SSSR count). The predicted molar refractivity (Wildman–Crippen MR) is 108 cm³/mol. The second-order valence-electron chi connectivity index (χ2n) is 6.67. The summed E-state index contributed by atoms with van der Waals surface area (Å²) in [4.78, 5) is 47.4. The fraction of sp³-hybridized carbons (Fsp3) is 0.200. The molecule has 0 fully saturated rings. The van der Waals surface area contributed by atoms with E-state index in [1.165, 1.54) is 28.9 Å². The largest absolute Gasteiger partial charge is 0.451 e. The van der Waals surface area contributed by atoms with Crippen LogP contribution in [0.3, 0.4) is 0 Å². The topological polar surface area (TPSA) is 133 Å². The van der Waals surface area contributed by atoms with Gasteiger partial charge in [0.05, 0.1) is 16.4 Å². The van der Waals surface area contributed by atoms with E-state index in [-0.39, 0.29) is 28.7 Å². The summed E-state index contributed by atoms with van der Waals surface area (Å²) in [5.41, 5.74) is -0.402. The van der Waals surface area contributed by atoms with Gasteiger partial charge in [-0.2, -0.15) is 5.10 Å². The number of anilines is 1. The average Bonchev–Trinajstić information content (AvgIpc) is 2.72. The number of hydrogen-bond donors (Lipinski definition) is 1. The number of carbonyl (C=O) groups excluding carboxylic acids is 2. The van der Waals surface area contributed by atoms with Crippen molar-refractivity contribution in [3.63, 3.8) is 0 Å². The van der Waals surface area contributed by atoms with Crippen LogP contribution in [0, 0.1) is 10.1 Å². The fourth-order valence-corrected chi connectivity index (χ4v) is 2.80. The first-order valence-electron chi connectivity index (χ1n) is 9.01. The molecule has 154 valence electrons. The molecule has 0 unspecified atom stereocenters. The van der Waals surface area contributed by atoms with E-state index in [9.17, 15) is 24.5 Å². The molecule has 0 spiro atoms. The summed E-state index contributed by atoms with van der Waals surface area (Å²) in [6.07, 6.45) is 0. The number of rotatable bonds is 6. The first-order chi connectivity index (χ1) is 14.3. The summed E-state index contributed by atoms with van der Waals surface area (Å²) < 4.78 is 6.24. The molecule has 0 saturated carbocycles. The Bertz CT molecular complexity index is 1200. The molecule has 0 aliphatic heterocycles. The van der Waals surface area contributed by atoms with Gasteiger partial charge < -0.3 is 10.1 Å². The number of nitrogens with one attached hydrogen (secondary N) is 1. The fourth-order valence-electron chi connectivity index (χ4n) is 2.80.